The molecule has 0 saturated carbocycles. The van der Waals surface area contributed by atoms with Crippen LogP contribution >= 0.6 is 11.8 Å². The lowest BCUT2D eigenvalue weighted by molar-refractivity contribution is 0.0966. The lowest BCUT2D eigenvalue weighted by atomic mass is 9.82. The third-order valence-electron chi connectivity index (χ3n) is 7.89. The molecule has 8 heteroatoms. The number of oxime groups is 1. The van der Waals surface area contributed by atoms with Crippen molar-refractivity contribution in [3.05, 3.63) is 63.3 Å². The lowest BCUT2D eigenvalue weighted by Crippen LogP contribution is -2.15. The molecular formula is C30H31N5O2S. The minimum atomic E-state index is 0.0184. The number of aromatic nitrogens is 3. The molecule has 0 bridgehead atoms. The van der Waals surface area contributed by atoms with Crippen LogP contribution in [0.1, 0.15) is 53.0 Å². The van der Waals surface area contributed by atoms with Gasteiger partial charge in [0, 0.05) is 70.0 Å². The Hall–Kier alpha value is -3.52. The number of rotatable bonds is 5. The number of carbonyl (C=O) groups is 1. The Morgan fingerprint density at radius 1 is 1.24 bits per heavy atom. The Bertz CT molecular complexity index is 1720. The molecule has 2 aliphatic heterocycles. The van der Waals surface area contributed by atoms with Gasteiger partial charge in [0.15, 0.2) is 0 Å². The molecule has 0 radical (unpaired) electrons. The average Bonchev–Trinajstić information content (AvgIpc) is 3.68. The van der Waals surface area contributed by atoms with Gasteiger partial charge in [-0.25, -0.2) is 0 Å². The topological polar surface area (TPSA) is 73.4 Å². The lowest BCUT2D eigenvalue weighted by Gasteiger charge is -2.22. The SMILES string of the molecule is CO/N=C(\C1=CCCS1)c1ccc2c(c1)c1c3c(c4c(c1n2CC(C)C)CCc1nn(C)cc1-4)C(=O)NC3. The molecule has 1 amide bonds. The third kappa shape index (κ3) is 3.39. The number of allylic oxidation sites excluding steroid dienone is 2. The molecular weight excluding hydrogens is 494 g/mol. The highest BCUT2D eigenvalue weighted by Crippen LogP contribution is 2.47. The Morgan fingerprint density at radius 2 is 2.11 bits per heavy atom. The molecule has 0 spiro atoms. The summed E-state index contributed by atoms with van der Waals surface area (Å²) in [6, 6.07) is 6.67. The van der Waals surface area contributed by atoms with Crippen molar-refractivity contribution in [3.63, 3.8) is 0 Å². The number of nitrogens with one attached hydrogen (secondary N) is 1. The fraction of sp³-hybridized carbons (Fsp3) is 0.367. The number of fused-ring (bicyclic) bond motifs is 10. The standard InChI is InChI=1S/C30H31N5O2S/c1-16(2)14-35-23-10-7-17(28(33-37-4)24-6-5-11-38-24)12-19(23)26-20-13-31-30(36)27(20)25-18(29(26)35)8-9-22-21(25)15-34(3)32-22/h6-7,10,12,15-16H,5,8-9,11,13-14H2,1-4H3,(H,31,36)/b33-28-. The summed E-state index contributed by atoms with van der Waals surface area (Å²) in [6.45, 7) is 5.98. The Kier molecular flexibility index (Phi) is 5.44. The van der Waals surface area contributed by atoms with Crippen LogP contribution in [0.25, 0.3) is 32.9 Å². The van der Waals surface area contributed by atoms with Gasteiger partial charge in [-0.3, -0.25) is 9.48 Å². The van der Waals surface area contributed by atoms with Gasteiger partial charge >= 0.3 is 0 Å². The van der Waals surface area contributed by atoms with E-state index < -0.39 is 0 Å². The number of benzene rings is 2. The van der Waals surface area contributed by atoms with Gasteiger partial charge < -0.3 is 14.7 Å². The summed E-state index contributed by atoms with van der Waals surface area (Å²) in [4.78, 5) is 19.8. The van der Waals surface area contributed by atoms with Crippen molar-refractivity contribution in [1.82, 2.24) is 19.7 Å². The van der Waals surface area contributed by atoms with Gasteiger partial charge in [-0.2, -0.15) is 5.10 Å². The molecule has 0 unspecified atom stereocenters. The Labute approximate surface area is 225 Å². The summed E-state index contributed by atoms with van der Waals surface area (Å²) in [5.41, 5.74) is 10.9. The molecule has 1 aliphatic carbocycles. The van der Waals surface area contributed by atoms with Crippen LogP contribution in [-0.2, 0) is 37.8 Å². The van der Waals surface area contributed by atoms with E-state index in [0.29, 0.717) is 12.5 Å². The Balaban J connectivity index is 1.59. The molecule has 2 aromatic carbocycles. The molecule has 0 atom stereocenters. The molecule has 194 valence electrons. The van der Waals surface area contributed by atoms with Crippen molar-refractivity contribution in [2.24, 2.45) is 18.1 Å². The summed E-state index contributed by atoms with van der Waals surface area (Å²) in [6.07, 6.45) is 7.12. The predicted octanol–water partition coefficient (Wildman–Crippen LogP) is 5.56. The number of hydrogen-bond acceptors (Lipinski definition) is 5. The minimum absolute atomic E-state index is 0.0184. The van der Waals surface area contributed by atoms with Gasteiger partial charge in [0.25, 0.3) is 5.91 Å². The summed E-state index contributed by atoms with van der Waals surface area (Å²) in [5.74, 6) is 1.56. The van der Waals surface area contributed by atoms with Gasteiger partial charge in [-0.15, -0.1) is 11.8 Å². The quantitative estimate of drug-likeness (QED) is 0.273. The van der Waals surface area contributed by atoms with E-state index in [-0.39, 0.29) is 5.91 Å². The second kappa shape index (κ2) is 8.76. The van der Waals surface area contributed by atoms with Gasteiger partial charge in [0.1, 0.15) is 12.8 Å². The van der Waals surface area contributed by atoms with E-state index in [0.717, 1.165) is 70.8 Å². The van der Waals surface area contributed by atoms with Crippen molar-refractivity contribution in [2.45, 2.75) is 46.2 Å². The highest BCUT2D eigenvalue weighted by atomic mass is 32.2. The first-order valence-corrected chi connectivity index (χ1v) is 14.3. The van der Waals surface area contributed by atoms with Gasteiger partial charge in [-0.1, -0.05) is 31.1 Å². The monoisotopic (exact) mass is 525 g/mol. The molecule has 7 nitrogen and oxygen atoms in total. The summed E-state index contributed by atoms with van der Waals surface area (Å²) < 4.78 is 4.38. The molecule has 38 heavy (non-hydrogen) atoms. The van der Waals surface area contributed by atoms with E-state index in [4.69, 9.17) is 9.94 Å². The maximum absolute atomic E-state index is 13.4. The van der Waals surface area contributed by atoms with E-state index in [9.17, 15) is 4.79 Å². The smallest absolute Gasteiger partial charge is 0.252 e. The number of nitrogens with zero attached hydrogens (tertiary/aromatic N) is 4. The Morgan fingerprint density at radius 3 is 2.87 bits per heavy atom. The van der Waals surface area contributed by atoms with Crippen LogP contribution in [0.15, 0.2) is 40.5 Å². The fourth-order valence-corrected chi connectivity index (χ4v) is 7.51. The zero-order chi connectivity index (χ0) is 26.1. The van der Waals surface area contributed by atoms with Crippen molar-refractivity contribution < 1.29 is 9.63 Å². The van der Waals surface area contributed by atoms with Crippen molar-refractivity contribution in [2.75, 3.05) is 12.9 Å². The average molecular weight is 526 g/mol. The zero-order valence-electron chi connectivity index (χ0n) is 22.2. The van der Waals surface area contributed by atoms with Gasteiger partial charge in [0.05, 0.1) is 16.8 Å². The number of amides is 1. The molecule has 2 aromatic heterocycles. The van der Waals surface area contributed by atoms with E-state index in [1.807, 2.05) is 23.5 Å². The first kappa shape index (κ1) is 23.6. The van der Waals surface area contributed by atoms with Crippen molar-refractivity contribution in [3.8, 4) is 11.1 Å². The number of carbonyl (C=O) groups excluding carboxylic acids is 1. The predicted molar refractivity (Wildman–Crippen MR) is 154 cm³/mol. The molecule has 0 fully saturated rings. The fourth-order valence-electron chi connectivity index (χ4n) is 6.53. The van der Waals surface area contributed by atoms with Crippen molar-refractivity contribution in [1.29, 1.82) is 0 Å². The number of aryl methyl sites for hydroxylation is 3. The van der Waals surface area contributed by atoms with Gasteiger partial charge in [0.2, 0.25) is 0 Å². The first-order valence-electron chi connectivity index (χ1n) is 13.4. The van der Waals surface area contributed by atoms with Crippen LogP contribution in [0.4, 0.5) is 0 Å². The molecule has 4 heterocycles. The largest absolute Gasteiger partial charge is 0.399 e. The third-order valence-corrected chi connectivity index (χ3v) is 9.00. The van der Waals surface area contributed by atoms with Crippen molar-refractivity contribution >= 4 is 45.2 Å². The van der Waals surface area contributed by atoms with E-state index in [2.05, 4.69) is 59.4 Å². The van der Waals surface area contributed by atoms with E-state index >= 15 is 0 Å². The normalized spacial score (nSPS) is 16.7. The highest BCUT2D eigenvalue weighted by molar-refractivity contribution is 8.04. The minimum Gasteiger partial charge on any atom is -0.399 e. The molecule has 1 N–H and O–H groups in total. The first-order chi connectivity index (χ1) is 18.5. The van der Waals surface area contributed by atoms with E-state index in [1.54, 1.807) is 7.11 Å². The van der Waals surface area contributed by atoms with E-state index in [1.165, 1.54) is 32.3 Å². The molecule has 0 saturated heterocycles. The van der Waals surface area contributed by atoms with Crippen LogP contribution in [0, 0.1) is 5.92 Å². The molecule has 4 aromatic rings. The van der Waals surface area contributed by atoms with Gasteiger partial charge in [-0.05, 0) is 48.4 Å². The zero-order valence-corrected chi connectivity index (χ0v) is 23.0. The second-order valence-electron chi connectivity index (χ2n) is 10.8. The summed E-state index contributed by atoms with van der Waals surface area (Å²) >= 11 is 1.82. The summed E-state index contributed by atoms with van der Waals surface area (Å²) in [7, 11) is 3.57. The number of hydrogen-bond donors (Lipinski definition) is 1. The van der Waals surface area contributed by atoms with Crippen LogP contribution < -0.4 is 5.32 Å². The second-order valence-corrected chi connectivity index (χ2v) is 12.0. The van der Waals surface area contributed by atoms with Crippen LogP contribution in [0.5, 0.6) is 0 Å². The molecule has 7 rings (SSSR count). The number of thioether (sulfide) groups is 1. The maximum Gasteiger partial charge on any atom is 0.252 e. The van der Waals surface area contributed by atoms with Crippen LogP contribution in [0.2, 0.25) is 0 Å². The molecule has 3 aliphatic rings. The van der Waals surface area contributed by atoms with Crippen LogP contribution in [-0.4, -0.2) is 38.8 Å². The summed E-state index contributed by atoms with van der Waals surface area (Å²) in [5, 5.41) is 14.7. The highest BCUT2D eigenvalue weighted by Gasteiger charge is 2.35. The van der Waals surface area contributed by atoms with Crippen LogP contribution in [0.3, 0.4) is 0 Å². The maximum atomic E-state index is 13.4.